The van der Waals surface area contributed by atoms with Gasteiger partial charge in [-0.05, 0) is 12.1 Å². The van der Waals surface area contributed by atoms with Crippen LogP contribution < -0.4 is 5.63 Å². The molecule has 0 atom stereocenters. The second kappa shape index (κ2) is 3.26. The van der Waals surface area contributed by atoms with Gasteiger partial charge in [-0.15, -0.1) is 0 Å². The van der Waals surface area contributed by atoms with E-state index in [4.69, 9.17) is 4.42 Å². The zero-order valence-corrected chi connectivity index (χ0v) is 7.75. The van der Waals surface area contributed by atoms with Crippen molar-refractivity contribution >= 4 is 23.6 Å². The van der Waals surface area contributed by atoms with Crippen LogP contribution >= 0.6 is 12.6 Å². The van der Waals surface area contributed by atoms with Crippen LogP contribution in [0.5, 0.6) is 0 Å². The van der Waals surface area contributed by atoms with Crippen molar-refractivity contribution in [1.82, 2.24) is 0 Å². The molecule has 0 aliphatic rings. The number of hydrogen-bond donors (Lipinski definition) is 1. The molecule has 0 spiro atoms. The van der Waals surface area contributed by atoms with E-state index in [1.807, 2.05) is 24.3 Å². The highest BCUT2D eigenvalue weighted by molar-refractivity contribution is 7.79. The van der Waals surface area contributed by atoms with Gasteiger partial charge in [-0.2, -0.15) is 12.6 Å². The predicted octanol–water partition coefficient (Wildman–Crippen LogP) is 2.22. The average molecular weight is 192 g/mol. The molecule has 0 radical (unpaired) electrons. The topological polar surface area (TPSA) is 30.2 Å². The number of para-hydroxylation sites is 1. The largest absolute Gasteiger partial charge is 0.423 e. The van der Waals surface area contributed by atoms with Crippen LogP contribution in [0.3, 0.4) is 0 Å². The van der Waals surface area contributed by atoms with Gasteiger partial charge in [0.15, 0.2) is 0 Å². The van der Waals surface area contributed by atoms with Crippen LogP contribution in [0, 0.1) is 0 Å². The van der Waals surface area contributed by atoms with Gasteiger partial charge in [0.25, 0.3) is 0 Å². The van der Waals surface area contributed by atoms with Gasteiger partial charge in [0.05, 0.1) is 0 Å². The molecule has 1 heterocycles. The first-order valence-electron chi connectivity index (χ1n) is 3.94. The highest BCUT2D eigenvalue weighted by Gasteiger charge is 2.01. The SMILES string of the molecule is O=c1oc2ccccc2cc1CS. The lowest BCUT2D eigenvalue weighted by Crippen LogP contribution is -2.04. The van der Waals surface area contributed by atoms with Gasteiger partial charge in [0, 0.05) is 16.7 Å². The molecule has 2 aromatic rings. The summed E-state index contributed by atoms with van der Waals surface area (Å²) in [6.45, 7) is 0. The first-order chi connectivity index (χ1) is 6.31. The minimum atomic E-state index is -0.297. The maximum absolute atomic E-state index is 11.2. The van der Waals surface area contributed by atoms with Gasteiger partial charge in [-0.1, -0.05) is 18.2 Å². The summed E-state index contributed by atoms with van der Waals surface area (Å²) in [5, 5.41) is 0.936. The second-order valence-corrected chi connectivity index (χ2v) is 3.07. The Morgan fingerprint density at radius 1 is 1.31 bits per heavy atom. The summed E-state index contributed by atoms with van der Waals surface area (Å²) in [6.07, 6.45) is 0. The van der Waals surface area contributed by atoms with E-state index in [2.05, 4.69) is 12.6 Å². The first-order valence-corrected chi connectivity index (χ1v) is 4.57. The summed E-state index contributed by atoms with van der Waals surface area (Å²) in [4.78, 5) is 11.2. The van der Waals surface area contributed by atoms with Crippen molar-refractivity contribution in [1.29, 1.82) is 0 Å². The Bertz CT molecular complexity index is 487. The van der Waals surface area contributed by atoms with Crippen LogP contribution in [0.25, 0.3) is 11.0 Å². The van der Waals surface area contributed by atoms with Gasteiger partial charge in [0.2, 0.25) is 0 Å². The normalized spacial score (nSPS) is 10.5. The van der Waals surface area contributed by atoms with Crippen LogP contribution in [0.1, 0.15) is 5.56 Å². The molecule has 2 nitrogen and oxygen atoms in total. The molecule has 1 aromatic heterocycles. The summed E-state index contributed by atoms with van der Waals surface area (Å²) < 4.78 is 5.08. The molecule has 0 amide bonds. The molecule has 1 aromatic carbocycles. The molecular weight excluding hydrogens is 184 g/mol. The Morgan fingerprint density at radius 2 is 2.08 bits per heavy atom. The van der Waals surface area contributed by atoms with Gasteiger partial charge in [-0.3, -0.25) is 0 Å². The fourth-order valence-electron chi connectivity index (χ4n) is 1.21. The van der Waals surface area contributed by atoms with Crippen LogP contribution in [-0.4, -0.2) is 0 Å². The van der Waals surface area contributed by atoms with Gasteiger partial charge < -0.3 is 4.42 Å². The zero-order valence-electron chi connectivity index (χ0n) is 6.86. The highest BCUT2D eigenvalue weighted by Crippen LogP contribution is 2.12. The van der Waals surface area contributed by atoms with E-state index in [1.54, 1.807) is 6.07 Å². The maximum Gasteiger partial charge on any atom is 0.340 e. The Morgan fingerprint density at radius 3 is 2.85 bits per heavy atom. The standard InChI is InChI=1S/C10H8O2S/c11-10-8(6-13)5-7-3-1-2-4-9(7)12-10/h1-5,13H,6H2. The molecule has 0 N–H and O–H groups in total. The molecule has 0 aliphatic heterocycles. The third-order valence-corrected chi connectivity index (χ3v) is 2.22. The van der Waals surface area contributed by atoms with Gasteiger partial charge >= 0.3 is 5.63 Å². The molecule has 2 rings (SSSR count). The molecule has 3 heteroatoms. The lowest BCUT2D eigenvalue weighted by molar-refractivity contribution is 0.554. The van der Waals surface area contributed by atoms with Crippen molar-refractivity contribution in [2.75, 3.05) is 0 Å². The lowest BCUT2D eigenvalue weighted by Gasteiger charge is -1.97. The van der Waals surface area contributed by atoms with E-state index in [0.29, 0.717) is 16.9 Å². The molecule has 13 heavy (non-hydrogen) atoms. The number of hydrogen-bond acceptors (Lipinski definition) is 3. The molecule has 0 aliphatic carbocycles. The van der Waals surface area contributed by atoms with Crippen molar-refractivity contribution in [3.05, 3.63) is 46.3 Å². The van der Waals surface area contributed by atoms with E-state index >= 15 is 0 Å². The molecule has 0 fully saturated rings. The fraction of sp³-hybridized carbons (Fsp3) is 0.100. The van der Waals surface area contributed by atoms with E-state index in [9.17, 15) is 4.79 Å². The van der Waals surface area contributed by atoms with Crippen molar-refractivity contribution in [3.63, 3.8) is 0 Å². The minimum absolute atomic E-state index is 0.297. The predicted molar refractivity (Wildman–Crippen MR) is 55.2 cm³/mol. The minimum Gasteiger partial charge on any atom is -0.423 e. The number of thiol groups is 1. The molecule has 66 valence electrons. The van der Waals surface area contributed by atoms with E-state index in [1.165, 1.54) is 0 Å². The molecular formula is C10H8O2S. The monoisotopic (exact) mass is 192 g/mol. The number of rotatable bonds is 1. The van der Waals surface area contributed by atoms with Crippen molar-refractivity contribution in [2.24, 2.45) is 0 Å². The summed E-state index contributed by atoms with van der Waals surface area (Å²) in [7, 11) is 0. The van der Waals surface area contributed by atoms with Gasteiger partial charge in [0.1, 0.15) is 5.58 Å². The van der Waals surface area contributed by atoms with E-state index < -0.39 is 0 Å². The van der Waals surface area contributed by atoms with Crippen molar-refractivity contribution < 1.29 is 4.42 Å². The Kier molecular flexibility index (Phi) is 2.10. The van der Waals surface area contributed by atoms with Crippen molar-refractivity contribution in [3.8, 4) is 0 Å². The Hall–Kier alpha value is -1.22. The number of benzene rings is 1. The maximum atomic E-state index is 11.2. The third kappa shape index (κ3) is 1.47. The van der Waals surface area contributed by atoms with Crippen LogP contribution in [0.4, 0.5) is 0 Å². The van der Waals surface area contributed by atoms with Crippen LogP contribution in [0.15, 0.2) is 39.5 Å². The molecule has 0 saturated heterocycles. The summed E-state index contributed by atoms with van der Waals surface area (Å²) >= 11 is 4.05. The summed E-state index contributed by atoms with van der Waals surface area (Å²) in [6, 6.07) is 9.24. The smallest absolute Gasteiger partial charge is 0.340 e. The number of fused-ring (bicyclic) bond motifs is 1. The zero-order chi connectivity index (χ0) is 9.26. The summed E-state index contributed by atoms with van der Waals surface area (Å²) in [5.41, 5.74) is 0.925. The van der Waals surface area contributed by atoms with E-state index in [-0.39, 0.29) is 5.63 Å². The van der Waals surface area contributed by atoms with Crippen LogP contribution in [0.2, 0.25) is 0 Å². The summed E-state index contributed by atoms with van der Waals surface area (Å²) in [5.74, 6) is 0.410. The fourth-order valence-corrected chi connectivity index (χ4v) is 1.44. The Labute approximate surface area is 80.6 Å². The van der Waals surface area contributed by atoms with Gasteiger partial charge in [-0.25, -0.2) is 4.79 Å². The van der Waals surface area contributed by atoms with Crippen molar-refractivity contribution in [2.45, 2.75) is 5.75 Å². The average Bonchev–Trinajstić information content (AvgIpc) is 2.17. The second-order valence-electron chi connectivity index (χ2n) is 2.76. The highest BCUT2D eigenvalue weighted by atomic mass is 32.1. The third-order valence-electron chi connectivity index (χ3n) is 1.88. The quantitative estimate of drug-likeness (QED) is 0.554. The Balaban J connectivity index is 2.81. The van der Waals surface area contributed by atoms with E-state index in [0.717, 1.165) is 5.39 Å². The lowest BCUT2D eigenvalue weighted by atomic mass is 10.2. The molecule has 0 saturated carbocycles. The first kappa shape index (κ1) is 8.38. The molecule has 0 unspecified atom stereocenters. The van der Waals surface area contributed by atoms with Crippen LogP contribution in [-0.2, 0) is 5.75 Å². The molecule has 0 bridgehead atoms.